The summed E-state index contributed by atoms with van der Waals surface area (Å²) >= 11 is 6.07. The quantitative estimate of drug-likeness (QED) is 0.506. The summed E-state index contributed by atoms with van der Waals surface area (Å²) in [5.74, 6) is -0.671. The Morgan fingerprint density at radius 3 is 2.48 bits per heavy atom. The third kappa shape index (κ3) is 4.98. The second kappa shape index (κ2) is 9.82. The van der Waals surface area contributed by atoms with Crippen LogP contribution < -0.4 is 5.32 Å². The van der Waals surface area contributed by atoms with E-state index in [1.54, 1.807) is 0 Å². The van der Waals surface area contributed by atoms with Gasteiger partial charge in [0.15, 0.2) is 11.5 Å². The van der Waals surface area contributed by atoms with Gasteiger partial charge in [-0.3, -0.25) is 9.69 Å². The van der Waals surface area contributed by atoms with E-state index in [2.05, 4.69) is 27.3 Å². The number of halogens is 1. The fourth-order valence-electron chi connectivity index (χ4n) is 3.91. The molecule has 0 spiro atoms. The van der Waals surface area contributed by atoms with Gasteiger partial charge in [0.05, 0.1) is 16.1 Å². The molecule has 0 bridgehead atoms. The minimum absolute atomic E-state index is 0.0484. The van der Waals surface area contributed by atoms with Gasteiger partial charge in [-0.1, -0.05) is 41.0 Å². The predicted octanol–water partition coefficient (Wildman–Crippen LogP) is 3.57. The summed E-state index contributed by atoms with van der Waals surface area (Å²) in [4.78, 5) is 17.4. The minimum Gasteiger partial charge on any atom is -0.507 e. The summed E-state index contributed by atoms with van der Waals surface area (Å²) in [5, 5.41) is 27.0. The van der Waals surface area contributed by atoms with Crippen LogP contribution in [0.4, 0.5) is 0 Å². The zero-order valence-corrected chi connectivity index (χ0v) is 19.4. The molecule has 1 aliphatic heterocycles. The highest BCUT2D eigenvalue weighted by Gasteiger charge is 2.26. The number of hydrogen-bond acceptors (Lipinski definition) is 7. The van der Waals surface area contributed by atoms with Gasteiger partial charge in [0, 0.05) is 45.3 Å². The van der Waals surface area contributed by atoms with Gasteiger partial charge in [-0.25, -0.2) is 0 Å². The van der Waals surface area contributed by atoms with Crippen LogP contribution in [0, 0.1) is 0 Å². The van der Waals surface area contributed by atoms with Crippen LogP contribution in [0.15, 0.2) is 40.9 Å². The molecule has 0 saturated carbocycles. The van der Waals surface area contributed by atoms with Crippen molar-refractivity contribution in [2.24, 2.45) is 0 Å². The average Bonchev–Trinajstić information content (AvgIpc) is 3.23. The van der Waals surface area contributed by atoms with E-state index in [1.807, 2.05) is 31.2 Å². The summed E-state index contributed by atoms with van der Waals surface area (Å²) in [7, 11) is 2.13. The summed E-state index contributed by atoms with van der Waals surface area (Å²) < 4.78 is 5.52. The number of likely N-dealkylation sites (N-methyl/N-ethyl adjacent to an activating group) is 1. The molecule has 1 saturated heterocycles. The molecule has 3 aromatic rings. The molecule has 1 aliphatic rings. The maximum atomic E-state index is 12.7. The summed E-state index contributed by atoms with van der Waals surface area (Å²) in [6.07, 6.45) is 0. The Labute approximate surface area is 197 Å². The van der Waals surface area contributed by atoms with Crippen LogP contribution in [0.5, 0.6) is 11.5 Å². The lowest BCUT2D eigenvalue weighted by Crippen LogP contribution is -2.43. The standard InChI is InChI=1S/C24H27ClN4O4/c1-3-26-24(32)22-21(23(33-27-22)17-12-18(25)20(31)13-19(17)30)16-6-4-15(5-7-16)14-29-10-8-28(2)9-11-29/h4-7,12-13,30-31H,3,8-11,14H2,1-2H3,(H,26,32). The molecule has 4 rings (SSSR count). The minimum atomic E-state index is -0.381. The molecule has 0 aliphatic carbocycles. The van der Waals surface area contributed by atoms with Crippen LogP contribution in [-0.2, 0) is 6.54 Å². The third-order valence-corrected chi connectivity index (χ3v) is 6.10. The molecule has 0 atom stereocenters. The molecule has 8 nitrogen and oxygen atoms in total. The smallest absolute Gasteiger partial charge is 0.274 e. The fraction of sp³-hybridized carbons (Fsp3) is 0.333. The van der Waals surface area contributed by atoms with E-state index in [9.17, 15) is 15.0 Å². The lowest BCUT2D eigenvalue weighted by atomic mass is 9.97. The number of nitrogens with zero attached hydrogens (tertiary/aromatic N) is 3. The van der Waals surface area contributed by atoms with Gasteiger partial charge >= 0.3 is 0 Å². The Bertz CT molecular complexity index is 1140. The Morgan fingerprint density at radius 1 is 1.12 bits per heavy atom. The molecule has 1 fully saturated rings. The molecule has 2 aromatic carbocycles. The molecule has 0 unspecified atom stereocenters. The molecule has 1 amide bonds. The maximum Gasteiger partial charge on any atom is 0.274 e. The third-order valence-electron chi connectivity index (χ3n) is 5.80. The highest BCUT2D eigenvalue weighted by Crippen LogP contribution is 2.42. The molecular formula is C24H27ClN4O4. The van der Waals surface area contributed by atoms with Crippen molar-refractivity contribution in [2.75, 3.05) is 39.8 Å². The summed E-state index contributed by atoms with van der Waals surface area (Å²) in [6, 6.07) is 10.4. The van der Waals surface area contributed by atoms with Crippen molar-refractivity contribution in [1.29, 1.82) is 0 Å². The second-order valence-corrected chi connectivity index (χ2v) is 8.60. The first-order valence-electron chi connectivity index (χ1n) is 10.9. The fourth-order valence-corrected chi connectivity index (χ4v) is 4.08. The number of rotatable bonds is 6. The molecule has 33 heavy (non-hydrogen) atoms. The van der Waals surface area contributed by atoms with E-state index in [0.29, 0.717) is 12.1 Å². The number of aromatic nitrogens is 1. The van der Waals surface area contributed by atoms with Gasteiger partial charge in [-0.05, 0) is 31.2 Å². The van der Waals surface area contributed by atoms with Crippen LogP contribution >= 0.6 is 11.6 Å². The highest BCUT2D eigenvalue weighted by molar-refractivity contribution is 6.32. The van der Waals surface area contributed by atoms with Crippen molar-refractivity contribution in [3.05, 3.63) is 52.7 Å². The number of aromatic hydroxyl groups is 2. The van der Waals surface area contributed by atoms with E-state index in [4.69, 9.17) is 16.1 Å². The van der Waals surface area contributed by atoms with Gasteiger partial charge in [-0.15, -0.1) is 0 Å². The van der Waals surface area contributed by atoms with Crippen molar-refractivity contribution in [2.45, 2.75) is 13.5 Å². The van der Waals surface area contributed by atoms with Crippen molar-refractivity contribution in [1.82, 2.24) is 20.3 Å². The number of benzene rings is 2. The zero-order chi connectivity index (χ0) is 23.5. The van der Waals surface area contributed by atoms with Gasteiger partial charge in [0.2, 0.25) is 0 Å². The van der Waals surface area contributed by atoms with Crippen LogP contribution in [0.2, 0.25) is 5.02 Å². The monoisotopic (exact) mass is 470 g/mol. The van der Waals surface area contributed by atoms with Crippen molar-refractivity contribution >= 4 is 17.5 Å². The molecule has 174 valence electrons. The van der Waals surface area contributed by atoms with Crippen LogP contribution in [0.3, 0.4) is 0 Å². The van der Waals surface area contributed by atoms with Gasteiger partial charge in [0.1, 0.15) is 11.5 Å². The molecule has 3 N–H and O–H groups in total. The van der Waals surface area contributed by atoms with Gasteiger partial charge < -0.3 is 25.0 Å². The normalized spacial score (nSPS) is 15.0. The largest absolute Gasteiger partial charge is 0.507 e. The Balaban J connectivity index is 1.70. The first-order chi connectivity index (χ1) is 15.9. The van der Waals surface area contributed by atoms with Crippen LogP contribution in [0.25, 0.3) is 22.5 Å². The Hall–Kier alpha value is -3.07. The maximum absolute atomic E-state index is 12.7. The SMILES string of the molecule is CCNC(=O)c1noc(-c2cc(Cl)c(O)cc2O)c1-c1ccc(CN2CCN(C)CC2)cc1. The number of phenols is 2. The molecule has 0 radical (unpaired) electrons. The summed E-state index contributed by atoms with van der Waals surface area (Å²) in [5.41, 5.74) is 2.68. The second-order valence-electron chi connectivity index (χ2n) is 8.19. The molecular weight excluding hydrogens is 444 g/mol. The number of hydrogen-bond donors (Lipinski definition) is 3. The van der Waals surface area contributed by atoms with E-state index in [1.165, 1.54) is 6.07 Å². The lowest BCUT2D eigenvalue weighted by Gasteiger charge is -2.32. The number of carbonyl (C=O) groups is 1. The average molecular weight is 471 g/mol. The number of nitrogens with one attached hydrogen (secondary N) is 1. The van der Waals surface area contributed by atoms with Crippen molar-refractivity contribution in [3.63, 3.8) is 0 Å². The van der Waals surface area contributed by atoms with Crippen LogP contribution in [-0.4, -0.2) is 70.8 Å². The Kier molecular flexibility index (Phi) is 6.88. The number of carbonyl (C=O) groups excluding carboxylic acids is 1. The van der Waals surface area contributed by atoms with E-state index >= 15 is 0 Å². The molecule has 9 heteroatoms. The number of amides is 1. The number of phenolic OH excluding ortho intramolecular Hbond substituents is 2. The highest BCUT2D eigenvalue weighted by atomic mass is 35.5. The van der Waals surface area contributed by atoms with Gasteiger partial charge in [-0.2, -0.15) is 0 Å². The van der Waals surface area contributed by atoms with E-state index < -0.39 is 0 Å². The first-order valence-corrected chi connectivity index (χ1v) is 11.2. The first kappa shape index (κ1) is 23.1. The zero-order valence-electron chi connectivity index (χ0n) is 18.6. The van der Waals surface area contributed by atoms with E-state index in [-0.39, 0.29) is 39.4 Å². The summed E-state index contributed by atoms with van der Waals surface area (Å²) in [6.45, 7) is 7.25. The topological polar surface area (TPSA) is 102 Å². The van der Waals surface area contributed by atoms with Crippen molar-refractivity contribution < 1.29 is 19.5 Å². The Morgan fingerprint density at radius 2 is 1.82 bits per heavy atom. The molecule has 1 aromatic heterocycles. The predicted molar refractivity (Wildman–Crippen MR) is 126 cm³/mol. The van der Waals surface area contributed by atoms with Crippen LogP contribution in [0.1, 0.15) is 23.0 Å². The van der Waals surface area contributed by atoms with Crippen molar-refractivity contribution in [3.8, 4) is 33.9 Å². The molecule has 2 heterocycles. The van der Waals surface area contributed by atoms with E-state index in [0.717, 1.165) is 49.9 Å². The van der Waals surface area contributed by atoms with Gasteiger partial charge in [0.25, 0.3) is 5.91 Å². The lowest BCUT2D eigenvalue weighted by molar-refractivity contribution is 0.0947. The number of piperazine rings is 1.